The third-order valence-electron chi connectivity index (χ3n) is 2.49. The van der Waals surface area contributed by atoms with Gasteiger partial charge in [0, 0.05) is 6.04 Å². The first-order chi connectivity index (χ1) is 6.11. The molecule has 0 aliphatic carbocycles. The van der Waals surface area contributed by atoms with E-state index < -0.39 is 0 Å². The van der Waals surface area contributed by atoms with Crippen LogP contribution in [-0.2, 0) is 6.42 Å². The van der Waals surface area contributed by atoms with Gasteiger partial charge in [-0.3, -0.25) is 0 Å². The molecule has 0 heterocycles. The van der Waals surface area contributed by atoms with Crippen molar-refractivity contribution in [1.82, 2.24) is 0 Å². The smallest absolute Gasteiger partial charge is 0.00136 e. The molecule has 1 aromatic rings. The van der Waals surface area contributed by atoms with Gasteiger partial charge in [0.05, 0.1) is 0 Å². The summed E-state index contributed by atoms with van der Waals surface area (Å²) in [6.07, 6.45) is 2.18. The Kier molecular flexibility index (Phi) is 3.49. The Morgan fingerprint density at radius 1 is 1.23 bits per heavy atom. The van der Waals surface area contributed by atoms with E-state index in [0.717, 1.165) is 12.8 Å². The highest BCUT2D eigenvalue weighted by atomic mass is 14.6. The highest BCUT2D eigenvalue weighted by Crippen LogP contribution is 2.15. The highest BCUT2D eigenvalue weighted by Gasteiger charge is 2.02. The zero-order valence-electron chi connectivity index (χ0n) is 8.80. The summed E-state index contributed by atoms with van der Waals surface area (Å²) in [6, 6.07) is 6.76. The van der Waals surface area contributed by atoms with E-state index in [1.807, 2.05) is 0 Å². The van der Waals surface area contributed by atoms with Gasteiger partial charge in [-0.25, -0.2) is 0 Å². The van der Waals surface area contributed by atoms with Crippen LogP contribution < -0.4 is 5.73 Å². The number of rotatable bonds is 3. The van der Waals surface area contributed by atoms with Crippen LogP contribution in [-0.4, -0.2) is 6.04 Å². The Morgan fingerprint density at radius 3 is 2.23 bits per heavy atom. The predicted molar refractivity (Wildman–Crippen MR) is 57.9 cm³/mol. The van der Waals surface area contributed by atoms with Crippen molar-refractivity contribution in [3.05, 3.63) is 34.9 Å². The zero-order valence-corrected chi connectivity index (χ0v) is 8.80. The van der Waals surface area contributed by atoms with Crippen LogP contribution >= 0.6 is 0 Å². The average Bonchev–Trinajstić information content (AvgIpc) is 2.03. The molecule has 72 valence electrons. The third-order valence-corrected chi connectivity index (χ3v) is 2.49. The van der Waals surface area contributed by atoms with E-state index in [9.17, 15) is 0 Å². The molecule has 13 heavy (non-hydrogen) atoms. The standard InChI is InChI=1S/C12H19N/c1-9-5-4-6-10(2)12(9)8-7-11(3)13/h4-6,11H,7-8,13H2,1-3H3/t11-/m1/s1. The number of hydrogen-bond acceptors (Lipinski definition) is 1. The van der Waals surface area contributed by atoms with Crippen molar-refractivity contribution in [2.45, 2.75) is 39.7 Å². The molecule has 1 heteroatoms. The van der Waals surface area contributed by atoms with E-state index in [4.69, 9.17) is 5.73 Å². The molecule has 0 spiro atoms. The molecule has 1 atom stereocenters. The van der Waals surface area contributed by atoms with Gasteiger partial charge in [-0.05, 0) is 50.3 Å². The summed E-state index contributed by atoms with van der Waals surface area (Å²) in [4.78, 5) is 0. The Bertz CT molecular complexity index is 256. The molecule has 1 rings (SSSR count). The van der Waals surface area contributed by atoms with Gasteiger partial charge in [0.2, 0.25) is 0 Å². The first-order valence-corrected chi connectivity index (χ1v) is 4.92. The van der Waals surface area contributed by atoms with E-state index in [1.165, 1.54) is 16.7 Å². The SMILES string of the molecule is Cc1cccc(C)c1CC[C@@H](C)N. The maximum atomic E-state index is 5.74. The second-order valence-corrected chi connectivity index (χ2v) is 3.89. The van der Waals surface area contributed by atoms with Crippen LogP contribution in [0.2, 0.25) is 0 Å². The van der Waals surface area contributed by atoms with Crippen molar-refractivity contribution < 1.29 is 0 Å². The largest absolute Gasteiger partial charge is 0.328 e. The van der Waals surface area contributed by atoms with Crippen molar-refractivity contribution in [3.8, 4) is 0 Å². The van der Waals surface area contributed by atoms with Gasteiger partial charge >= 0.3 is 0 Å². The van der Waals surface area contributed by atoms with Crippen LogP contribution in [0.15, 0.2) is 18.2 Å². The Labute approximate surface area is 81.0 Å². The minimum atomic E-state index is 0.305. The minimum Gasteiger partial charge on any atom is -0.328 e. The van der Waals surface area contributed by atoms with E-state index in [-0.39, 0.29) is 0 Å². The van der Waals surface area contributed by atoms with Gasteiger partial charge in [0.15, 0.2) is 0 Å². The topological polar surface area (TPSA) is 26.0 Å². The molecule has 0 aromatic heterocycles. The molecular weight excluding hydrogens is 158 g/mol. The zero-order chi connectivity index (χ0) is 9.84. The maximum absolute atomic E-state index is 5.74. The summed E-state index contributed by atoms with van der Waals surface area (Å²) in [5, 5.41) is 0. The summed E-state index contributed by atoms with van der Waals surface area (Å²) in [6.45, 7) is 6.40. The molecule has 0 saturated heterocycles. The summed E-state index contributed by atoms with van der Waals surface area (Å²) in [5.41, 5.74) is 9.99. The summed E-state index contributed by atoms with van der Waals surface area (Å²) in [5.74, 6) is 0. The molecule has 0 aliphatic heterocycles. The van der Waals surface area contributed by atoms with Crippen molar-refractivity contribution in [2.75, 3.05) is 0 Å². The normalized spacial score (nSPS) is 12.9. The van der Waals surface area contributed by atoms with Crippen molar-refractivity contribution >= 4 is 0 Å². The van der Waals surface area contributed by atoms with Gasteiger partial charge in [-0.1, -0.05) is 18.2 Å². The molecule has 0 radical (unpaired) electrons. The molecule has 0 fully saturated rings. The van der Waals surface area contributed by atoms with Crippen LogP contribution in [0.25, 0.3) is 0 Å². The molecule has 0 amide bonds. The number of nitrogens with two attached hydrogens (primary N) is 1. The lowest BCUT2D eigenvalue weighted by Crippen LogP contribution is -2.15. The van der Waals surface area contributed by atoms with Crippen molar-refractivity contribution in [1.29, 1.82) is 0 Å². The minimum absolute atomic E-state index is 0.305. The number of benzene rings is 1. The first kappa shape index (κ1) is 10.3. The van der Waals surface area contributed by atoms with Crippen LogP contribution in [0, 0.1) is 13.8 Å². The summed E-state index contributed by atoms with van der Waals surface area (Å²) < 4.78 is 0. The molecule has 1 aromatic carbocycles. The lowest BCUT2D eigenvalue weighted by molar-refractivity contribution is 0.663. The summed E-state index contributed by atoms with van der Waals surface area (Å²) >= 11 is 0. The van der Waals surface area contributed by atoms with Gasteiger partial charge in [0.1, 0.15) is 0 Å². The Morgan fingerprint density at radius 2 is 1.77 bits per heavy atom. The van der Waals surface area contributed by atoms with Crippen LogP contribution in [0.1, 0.15) is 30.0 Å². The molecular formula is C12H19N. The van der Waals surface area contributed by atoms with Gasteiger partial charge in [-0.15, -0.1) is 0 Å². The predicted octanol–water partition coefficient (Wildman–Crippen LogP) is 2.58. The van der Waals surface area contributed by atoms with Crippen molar-refractivity contribution in [2.24, 2.45) is 5.73 Å². The van der Waals surface area contributed by atoms with E-state index >= 15 is 0 Å². The van der Waals surface area contributed by atoms with Gasteiger partial charge < -0.3 is 5.73 Å². The molecule has 2 N–H and O–H groups in total. The highest BCUT2D eigenvalue weighted by molar-refractivity contribution is 5.33. The quantitative estimate of drug-likeness (QED) is 0.754. The van der Waals surface area contributed by atoms with Gasteiger partial charge in [-0.2, -0.15) is 0 Å². The number of hydrogen-bond donors (Lipinski definition) is 1. The fourth-order valence-corrected chi connectivity index (χ4v) is 1.62. The molecule has 0 saturated carbocycles. The van der Waals surface area contributed by atoms with Crippen LogP contribution in [0.4, 0.5) is 0 Å². The lowest BCUT2D eigenvalue weighted by Gasteiger charge is -2.10. The number of aryl methyl sites for hydroxylation is 2. The fourth-order valence-electron chi connectivity index (χ4n) is 1.62. The van der Waals surface area contributed by atoms with Gasteiger partial charge in [0.25, 0.3) is 0 Å². The lowest BCUT2D eigenvalue weighted by atomic mass is 9.97. The molecule has 0 bridgehead atoms. The Hall–Kier alpha value is -0.820. The van der Waals surface area contributed by atoms with E-state index in [2.05, 4.69) is 39.0 Å². The molecule has 1 nitrogen and oxygen atoms in total. The molecule has 0 unspecified atom stereocenters. The third kappa shape index (κ3) is 2.85. The monoisotopic (exact) mass is 177 g/mol. The second-order valence-electron chi connectivity index (χ2n) is 3.89. The van der Waals surface area contributed by atoms with Crippen molar-refractivity contribution in [3.63, 3.8) is 0 Å². The van der Waals surface area contributed by atoms with E-state index in [0.29, 0.717) is 6.04 Å². The maximum Gasteiger partial charge on any atom is 0.00136 e. The summed E-state index contributed by atoms with van der Waals surface area (Å²) in [7, 11) is 0. The first-order valence-electron chi connectivity index (χ1n) is 4.92. The second kappa shape index (κ2) is 4.43. The van der Waals surface area contributed by atoms with Crippen LogP contribution in [0.3, 0.4) is 0 Å². The van der Waals surface area contributed by atoms with E-state index in [1.54, 1.807) is 0 Å². The Balaban J connectivity index is 2.75. The fraction of sp³-hybridized carbons (Fsp3) is 0.500. The molecule has 0 aliphatic rings. The van der Waals surface area contributed by atoms with Crippen LogP contribution in [0.5, 0.6) is 0 Å². The average molecular weight is 177 g/mol.